The third-order valence-electron chi connectivity index (χ3n) is 3.54. The molecule has 0 aliphatic carbocycles. The van der Waals surface area contributed by atoms with Crippen molar-refractivity contribution in [3.63, 3.8) is 0 Å². The molecule has 0 saturated carbocycles. The minimum absolute atomic E-state index is 0.0455. The Balaban J connectivity index is 1.56. The number of hydrogen-bond donors (Lipinski definition) is 1. The summed E-state index contributed by atoms with van der Waals surface area (Å²) < 4.78 is 42.9. The van der Waals surface area contributed by atoms with Gasteiger partial charge in [-0.25, -0.2) is 9.78 Å². The highest BCUT2D eigenvalue weighted by molar-refractivity contribution is 7.13. The quantitative estimate of drug-likeness (QED) is 0.628. The normalized spacial score (nSPS) is 11.1. The molecule has 0 saturated heterocycles. The third kappa shape index (κ3) is 4.95. The summed E-state index contributed by atoms with van der Waals surface area (Å²) in [5.74, 6) is -1.55. The third-order valence-corrected chi connectivity index (χ3v) is 4.43. The van der Waals surface area contributed by atoms with Crippen molar-refractivity contribution >= 4 is 28.9 Å². The average Bonchev–Trinajstić information content (AvgIpc) is 3.17. The first-order valence-corrected chi connectivity index (χ1v) is 8.86. The van der Waals surface area contributed by atoms with Gasteiger partial charge in [-0.2, -0.15) is 13.2 Å². The summed E-state index contributed by atoms with van der Waals surface area (Å²) in [6, 6.07) is 13.4. The molecule has 1 N–H and O–H groups in total. The lowest BCUT2D eigenvalue weighted by molar-refractivity contribution is -0.137. The van der Waals surface area contributed by atoms with E-state index in [0.29, 0.717) is 5.01 Å². The SMILES string of the molecule is O=C(COC(=O)c1csc(-c2ccccc2)n1)Nc1cccc(C(F)(F)F)c1. The molecule has 1 amide bonds. The molecule has 5 nitrogen and oxygen atoms in total. The van der Waals surface area contributed by atoms with Crippen LogP contribution < -0.4 is 5.32 Å². The number of alkyl halides is 3. The summed E-state index contributed by atoms with van der Waals surface area (Å²) in [4.78, 5) is 28.0. The zero-order valence-corrected chi connectivity index (χ0v) is 15.0. The predicted molar refractivity (Wildman–Crippen MR) is 97.9 cm³/mol. The second-order valence-corrected chi connectivity index (χ2v) is 6.46. The average molecular weight is 406 g/mol. The topological polar surface area (TPSA) is 68.3 Å². The van der Waals surface area contributed by atoms with Crippen molar-refractivity contribution in [1.82, 2.24) is 4.98 Å². The highest BCUT2D eigenvalue weighted by Gasteiger charge is 2.30. The van der Waals surface area contributed by atoms with Crippen LogP contribution in [0.15, 0.2) is 60.0 Å². The Morgan fingerprint density at radius 1 is 1.07 bits per heavy atom. The Kier molecular flexibility index (Phi) is 5.74. The molecular formula is C19H13F3N2O3S. The molecule has 3 aromatic rings. The molecule has 0 bridgehead atoms. The van der Waals surface area contributed by atoms with Gasteiger partial charge in [0.2, 0.25) is 0 Å². The van der Waals surface area contributed by atoms with E-state index >= 15 is 0 Å². The van der Waals surface area contributed by atoms with Crippen LogP contribution in [0.1, 0.15) is 16.1 Å². The van der Waals surface area contributed by atoms with E-state index in [1.165, 1.54) is 28.8 Å². The molecule has 3 rings (SSSR count). The standard InChI is InChI=1S/C19H13F3N2O3S/c20-19(21,22)13-7-4-8-14(9-13)23-16(25)10-27-18(26)15-11-28-17(24-15)12-5-2-1-3-6-12/h1-9,11H,10H2,(H,23,25). The highest BCUT2D eigenvalue weighted by Crippen LogP contribution is 2.30. The molecule has 0 aliphatic rings. The maximum Gasteiger partial charge on any atom is 0.416 e. The van der Waals surface area contributed by atoms with Gasteiger partial charge in [-0.15, -0.1) is 11.3 Å². The number of aromatic nitrogens is 1. The van der Waals surface area contributed by atoms with Gasteiger partial charge < -0.3 is 10.1 Å². The molecular weight excluding hydrogens is 393 g/mol. The molecule has 0 fully saturated rings. The number of anilines is 1. The van der Waals surface area contributed by atoms with E-state index < -0.39 is 30.2 Å². The van der Waals surface area contributed by atoms with Crippen LogP contribution in [0.5, 0.6) is 0 Å². The Bertz CT molecular complexity index is 987. The van der Waals surface area contributed by atoms with Gasteiger partial charge in [0.25, 0.3) is 5.91 Å². The van der Waals surface area contributed by atoms with E-state index in [2.05, 4.69) is 10.3 Å². The lowest BCUT2D eigenvalue weighted by Gasteiger charge is -2.10. The van der Waals surface area contributed by atoms with Crippen LogP contribution in [0.25, 0.3) is 10.6 Å². The Morgan fingerprint density at radius 3 is 2.54 bits per heavy atom. The minimum atomic E-state index is -4.52. The molecule has 0 unspecified atom stereocenters. The smallest absolute Gasteiger partial charge is 0.416 e. The fourth-order valence-electron chi connectivity index (χ4n) is 2.26. The highest BCUT2D eigenvalue weighted by atomic mass is 32.1. The zero-order valence-electron chi connectivity index (χ0n) is 14.2. The van der Waals surface area contributed by atoms with Crippen LogP contribution >= 0.6 is 11.3 Å². The van der Waals surface area contributed by atoms with Gasteiger partial charge in [0.05, 0.1) is 5.56 Å². The summed E-state index contributed by atoms with van der Waals surface area (Å²) in [7, 11) is 0. The fraction of sp³-hybridized carbons (Fsp3) is 0.105. The number of amides is 1. The molecule has 0 atom stereocenters. The molecule has 0 radical (unpaired) electrons. The van der Waals surface area contributed by atoms with Gasteiger partial charge in [0, 0.05) is 16.6 Å². The van der Waals surface area contributed by atoms with E-state index in [9.17, 15) is 22.8 Å². The second-order valence-electron chi connectivity index (χ2n) is 5.61. The van der Waals surface area contributed by atoms with E-state index in [4.69, 9.17) is 4.74 Å². The molecule has 2 aromatic carbocycles. The van der Waals surface area contributed by atoms with Gasteiger partial charge >= 0.3 is 12.1 Å². The number of rotatable bonds is 5. The summed E-state index contributed by atoms with van der Waals surface area (Å²) in [5.41, 5.74) is -0.0429. The number of carbonyl (C=O) groups excluding carboxylic acids is 2. The number of ether oxygens (including phenoxy) is 1. The van der Waals surface area contributed by atoms with E-state index in [1.54, 1.807) is 0 Å². The van der Waals surface area contributed by atoms with Crippen molar-refractivity contribution in [1.29, 1.82) is 0 Å². The lowest BCUT2D eigenvalue weighted by Crippen LogP contribution is -2.21. The maximum atomic E-state index is 12.7. The summed E-state index contributed by atoms with van der Waals surface area (Å²) in [6.07, 6.45) is -4.52. The Hall–Kier alpha value is -3.20. The van der Waals surface area contributed by atoms with Crippen LogP contribution in [-0.4, -0.2) is 23.5 Å². The summed E-state index contributed by atoms with van der Waals surface area (Å²) in [5, 5.41) is 4.39. The number of benzene rings is 2. The zero-order chi connectivity index (χ0) is 20.1. The predicted octanol–water partition coefficient (Wildman–Crippen LogP) is 4.62. The second kappa shape index (κ2) is 8.22. The summed E-state index contributed by atoms with van der Waals surface area (Å²) >= 11 is 1.25. The first kappa shape index (κ1) is 19.6. The number of nitrogens with zero attached hydrogens (tertiary/aromatic N) is 1. The van der Waals surface area contributed by atoms with Crippen LogP contribution in [0, 0.1) is 0 Å². The van der Waals surface area contributed by atoms with Crippen LogP contribution in [0.3, 0.4) is 0 Å². The Morgan fingerprint density at radius 2 is 1.82 bits per heavy atom. The van der Waals surface area contributed by atoms with Crippen LogP contribution in [0.2, 0.25) is 0 Å². The maximum absolute atomic E-state index is 12.7. The Labute approximate surface area is 161 Å². The van der Waals surface area contributed by atoms with Crippen molar-refractivity contribution in [2.24, 2.45) is 0 Å². The molecule has 0 spiro atoms. The number of halogens is 3. The largest absolute Gasteiger partial charge is 0.451 e. The summed E-state index contributed by atoms with van der Waals surface area (Å²) in [6.45, 7) is -0.646. The van der Waals surface area contributed by atoms with Gasteiger partial charge in [0.1, 0.15) is 5.01 Å². The molecule has 1 aromatic heterocycles. The van der Waals surface area contributed by atoms with E-state index in [-0.39, 0.29) is 11.4 Å². The van der Waals surface area contributed by atoms with Gasteiger partial charge in [-0.1, -0.05) is 36.4 Å². The number of esters is 1. The van der Waals surface area contributed by atoms with Gasteiger partial charge in [0.15, 0.2) is 12.3 Å². The van der Waals surface area contributed by atoms with Crippen molar-refractivity contribution in [3.8, 4) is 10.6 Å². The monoisotopic (exact) mass is 406 g/mol. The van der Waals surface area contributed by atoms with Crippen molar-refractivity contribution in [2.45, 2.75) is 6.18 Å². The van der Waals surface area contributed by atoms with E-state index in [1.807, 2.05) is 30.3 Å². The number of carbonyl (C=O) groups is 2. The van der Waals surface area contributed by atoms with Crippen LogP contribution in [0.4, 0.5) is 18.9 Å². The first-order chi connectivity index (χ1) is 13.3. The fourth-order valence-corrected chi connectivity index (χ4v) is 3.05. The molecule has 9 heteroatoms. The van der Waals surface area contributed by atoms with Gasteiger partial charge in [-0.3, -0.25) is 4.79 Å². The first-order valence-electron chi connectivity index (χ1n) is 7.98. The van der Waals surface area contributed by atoms with Crippen molar-refractivity contribution in [3.05, 3.63) is 71.2 Å². The molecule has 1 heterocycles. The number of thiazole rings is 1. The van der Waals surface area contributed by atoms with E-state index in [0.717, 1.165) is 17.7 Å². The molecule has 28 heavy (non-hydrogen) atoms. The van der Waals surface area contributed by atoms with Crippen molar-refractivity contribution < 1.29 is 27.5 Å². The molecule has 144 valence electrons. The van der Waals surface area contributed by atoms with Crippen molar-refractivity contribution in [2.75, 3.05) is 11.9 Å². The van der Waals surface area contributed by atoms with Gasteiger partial charge in [-0.05, 0) is 18.2 Å². The minimum Gasteiger partial charge on any atom is -0.451 e. The van der Waals surface area contributed by atoms with Crippen LogP contribution in [-0.2, 0) is 15.7 Å². The lowest BCUT2D eigenvalue weighted by atomic mass is 10.2. The number of nitrogens with one attached hydrogen (secondary N) is 1. The molecule has 0 aliphatic heterocycles. The number of hydrogen-bond acceptors (Lipinski definition) is 5.